The van der Waals surface area contributed by atoms with Crippen LogP contribution in [0.1, 0.15) is 86.2 Å². The van der Waals surface area contributed by atoms with Crippen LogP contribution in [0.25, 0.3) is 0 Å². The van der Waals surface area contributed by atoms with Gasteiger partial charge in [-0.1, -0.05) is 52.7 Å². The lowest BCUT2D eigenvalue weighted by Gasteiger charge is -2.30. The van der Waals surface area contributed by atoms with Crippen molar-refractivity contribution in [2.75, 3.05) is 26.2 Å². The topological polar surface area (TPSA) is 122 Å². The molecule has 0 radical (unpaired) electrons. The summed E-state index contributed by atoms with van der Waals surface area (Å²) in [5, 5.41) is 25.6. The largest absolute Gasteiger partial charge is 0.508 e. The van der Waals surface area contributed by atoms with Crippen molar-refractivity contribution in [3.63, 3.8) is 0 Å². The van der Waals surface area contributed by atoms with Gasteiger partial charge in [-0.3, -0.25) is 19.8 Å². The molecule has 9 nitrogen and oxygen atoms in total. The number of aliphatic hydroxyl groups is 1. The Hall–Kier alpha value is -3.87. The number of likely N-dealkylation sites (N-methyl/N-ethyl adjacent to an activating group) is 1. The van der Waals surface area contributed by atoms with E-state index in [-0.39, 0.29) is 42.0 Å². The van der Waals surface area contributed by atoms with Crippen molar-refractivity contribution in [3.8, 4) is 17.6 Å². The molecule has 9 heteroatoms. The van der Waals surface area contributed by atoms with E-state index >= 15 is 0 Å². The molecule has 0 aliphatic heterocycles. The van der Waals surface area contributed by atoms with Gasteiger partial charge in [0.15, 0.2) is 0 Å². The lowest BCUT2D eigenvalue weighted by atomic mass is 9.99. The minimum Gasteiger partial charge on any atom is -0.508 e. The Balaban J connectivity index is 2.40. The second-order valence-corrected chi connectivity index (χ2v) is 10.7. The first kappa shape index (κ1) is 34.3. The molecule has 0 aromatic heterocycles. The second-order valence-electron chi connectivity index (χ2n) is 10.7. The van der Waals surface area contributed by atoms with Gasteiger partial charge in [0.25, 0.3) is 11.8 Å². The summed E-state index contributed by atoms with van der Waals surface area (Å²) >= 11 is 0. The van der Waals surface area contributed by atoms with Gasteiger partial charge in [0, 0.05) is 48.8 Å². The van der Waals surface area contributed by atoms with Crippen LogP contribution < -0.4 is 10.7 Å². The van der Waals surface area contributed by atoms with E-state index in [1.54, 1.807) is 73.1 Å². The van der Waals surface area contributed by atoms with Gasteiger partial charge in [0.2, 0.25) is 5.91 Å². The zero-order chi connectivity index (χ0) is 31.2. The SMILES string of the molecule is CC#Cc1cc(C(=O)NC(Cc2ccc(O)cc2)C(O)CN(CC)NC(=O)C(C)C)cc(C(=O)N(CCC)CCC)c1. The molecule has 42 heavy (non-hydrogen) atoms. The Morgan fingerprint density at radius 1 is 0.952 bits per heavy atom. The van der Waals surface area contributed by atoms with Crippen LogP contribution >= 0.6 is 0 Å². The zero-order valence-electron chi connectivity index (χ0n) is 25.7. The molecule has 3 amide bonds. The van der Waals surface area contributed by atoms with Crippen molar-refractivity contribution in [1.82, 2.24) is 20.7 Å². The number of amides is 3. The molecule has 2 aromatic carbocycles. The van der Waals surface area contributed by atoms with Gasteiger partial charge in [-0.15, -0.1) is 5.92 Å². The fourth-order valence-electron chi connectivity index (χ4n) is 4.45. The van der Waals surface area contributed by atoms with E-state index in [9.17, 15) is 24.6 Å². The number of hydrogen-bond donors (Lipinski definition) is 4. The number of nitrogens with one attached hydrogen (secondary N) is 2. The molecule has 0 spiro atoms. The molecular formula is C33H46N4O5. The van der Waals surface area contributed by atoms with E-state index in [1.165, 1.54) is 0 Å². The number of rotatable bonds is 15. The average Bonchev–Trinajstić information content (AvgIpc) is 2.96. The van der Waals surface area contributed by atoms with Gasteiger partial charge in [-0.05, 0) is 62.1 Å². The van der Waals surface area contributed by atoms with Gasteiger partial charge in [0.05, 0.1) is 12.1 Å². The summed E-state index contributed by atoms with van der Waals surface area (Å²) in [5.41, 5.74) is 4.79. The Morgan fingerprint density at radius 3 is 2.12 bits per heavy atom. The number of aromatic hydroxyl groups is 1. The van der Waals surface area contributed by atoms with E-state index in [4.69, 9.17) is 0 Å². The molecule has 0 heterocycles. The highest BCUT2D eigenvalue weighted by atomic mass is 16.3. The lowest BCUT2D eigenvalue weighted by Crippen LogP contribution is -2.53. The molecule has 0 bridgehead atoms. The summed E-state index contributed by atoms with van der Waals surface area (Å²) in [6.45, 7) is 12.9. The molecule has 0 aliphatic carbocycles. The van der Waals surface area contributed by atoms with Gasteiger partial charge in [-0.2, -0.15) is 0 Å². The summed E-state index contributed by atoms with van der Waals surface area (Å²) < 4.78 is 0. The molecule has 4 N–H and O–H groups in total. The smallest absolute Gasteiger partial charge is 0.253 e. The molecule has 2 atom stereocenters. The lowest BCUT2D eigenvalue weighted by molar-refractivity contribution is -0.129. The minimum absolute atomic E-state index is 0.0755. The summed E-state index contributed by atoms with van der Waals surface area (Å²) in [5.74, 6) is 4.89. The number of hydrogen-bond acceptors (Lipinski definition) is 6. The third-order valence-corrected chi connectivity index (χ3v) is 6.74. The second kappa shape index (κ2) is 17.2. The van der Waals surface area contributed by atoms with Crippen LogP contribution in [0.15, 0.2) is 42.5 Å². The predicted octanol–water partition coefficient (Wildman–Crippen LogP) is 3.74. The maximum Gasteiger partial charge on any atom is 0.253 e. The highest BCUT2D eigenvalue weighted by Gasteiger charge is 2.26. The van der Waals surface area contributed by atoms with Crippen LogP contribution in [0.3, 0.4) is 0 Å². The average molecular weight is 579 g/mol. The van der Waals surface area contributed by atoms with Crippen molar-refractivity contribution in [2.24, 2.45) is 5.92 Å². The van der Waals surface area contributed by atoms with Crippen molar-refractivity contribution in [2.45, 2.75) is 73.0 Å². The molecule has 0 saturated carbocycles. The molecule has 0 aliphatic rings. The summed E-state index contributed by atoms with van der Waals surface area (Å²) in [6.07, 6.45) is 0.844. The molecule has 0 fully saturated rings. The van der Waals surface area contributed by atoms with E-state index in [0.29, 0.717) is 30.8 Å². The standard InChI is InChI=1S/C33H46N4O5/c1-7-11-25-18-26(21-27(19-25)33(42)36(16-8-2)17-9-3)32(41)34-29(20-24-12-14-28(38)15-13-24)30(39)22-37(10-4)35-31(40)23(5)6/h12-15,18-19,21,23,29-30,38-39H,8-10,16-17,20,22H2,1-6H3,(H,34,41)(H,35,40). The van der Waals surface area contributed by atoms with Gasteiger partial charge in [-0.25, -0.2) is 5.01 Å². The van der Waals surface area contributed by atoms with E-state index in [2.05, 4.69) is 22.6 Å². The number of nitrogens with zero attached hydrogens (tertiary/aromatic N) is 2. The Kier molecular flexibility index (Phi) is 14.0. The van der Waals surface area contributed by atoms with Crippen LogP contribution in [0.4, 0.5) is 0 Å². The van der Waals surface area contributed by atoms with Crippen LogP contribution in [-0.2, 0) is 11.2 Å². The number of carbonyl (C=O) groups is 3. The van der Waals surface area contributed by atoms with Crippen LogP contribution in [-0.4, -0.2) is 76.2 Å². The zero-order valence-corrected chi connectivity index (χ0v) is 25.7. The van der Waals surface area contributed by atoms with Crippen molar-refractivity contribution >= 4 is 17.7 Å². The highest BCUT2D eigenvalue weighted by Crippen LogP contribution is 2.17. The molecule has 0 saturated heterocycles. The monoisotopic (exact) mass is 578 g/mol. The Bertz CT molecular complexity index is 1240. The summed E-state index contributed by atoms with van der Waals surface area (Å²) in [4.78, 5) is 41.1. The van der Waals surface area contributed by atoms with E-state index in [0.717, 1.165) is 18.4 Å². The first-order valence-corrected chi connectivity index (χ1v) is 14.7. The number of benzene rings is 2. The quantitative estimate of drug-likeness (QED) is 0.189. The number of hydrazine groups is 1. The Morgan fingerprint density at radius 2 is 1.57 bits per heavy atom. The number of carbonyl (C=O) groups excluding carboxylic acids is 3. The van der Waals surface area contributed by atoms with E-state index < -0.39 is 18.1 Å². The minimum atomic E-state index is -1.06. The van der Waals surface area contributed by atoms with Gasteiger partial charge < -0.3 is 20.4 Å². The van der Waals surface area contributed by atoms with Crippen LogP contribution in [0.5, 0.6) is 5.75 Å². The summed E-state index contributed by atoms with van der Waals surface area (Å²) in [6, 6.07) is 10.7. The third-order valence-electron chi connectivity index (χ3n) is 6.74. The highest BCUT2D eigenvalue weighted by molar-refractivity contribution is 6.00. The number of phenolic OH excluding ortho intramolecular Hbond substituents is 1. The molecule has 2 unspecified atom stereocenters. The third kappa shape index (κ3) is 10.5. The fraction of sp³-hybridized carbons (Fsp3) is 0.485. The first-order chi connectivity index (χ1) is 20.0. The number of phenols is 1. The fourth-order valence-corrected chi connectivity index (χ4v) is 4.45. The van der Waals surface area contributed by atoms with Crippen molar-refractivity contribution in [3.05, 3.63) is 64.7 Å². The van der Waals surface area contributed by atoms with Crippen LogP contribution in [0, 0.1) is 17.8 Å². The van der Waals surface area contributed by atoms with E-state index in [1.807, 2.05) is 20.8 Å². The summed E-state index contributed by atoms with van der Waals surface area (Å²) in [7, 11) is 0. The predicted molar refractivity (Wildman–Crippen MR) is 165 cm³/mol. The maximum absolute atomic E-state index is 13.7. The Labute approximate surface area is 250 Å². The molecular weight excluding hydrogens is 532 g/mol. The molecule has 2 aromatic rings. The normalized spacial score (nSPS) is 12.3. The van der Waals surface area contributed by atoms with Crippen molar-refractivity contribution in [1.29, 1.82) is 0 Å². The molecule has 228 valence electrons. The van der Waals surface area contributed by atoms with Crippen LogP contribution in [0.2, 0.25) is 0 Å². The van der Waals surface area contributed by atoms with Crippen molar-refractivity contribution < 1.29 is 24.6 Å². The first-order valence-electron chi connectivity index (χ1n) is 14.7. The maximum atomic E-state index is 13.7. The van der Waals surface area contributed by atoms with Gasteiger partial charge >= 0.3 is 0 Å². The molecule has 2 rings (SSSR count). The van der Waals surface area contributed by atoms with Gasteiger partial charge in [0.1, 0.15) is 5.75 Å². The number of aliphatic hydroxyl groups excluding tert-OH is 1.